The zero-order valence-corrected chi connectivity index (χ0v) is 17.5. The lowest BCUT2D eigenvalue weighted by molar-refractivity contribution is -0.112. The standard InChI is InChI=1S/C22H22N6OS/c1-16-6-4-7-17(12-16)15-28-11-5-8-19(28)13-18(14-23)20(29)24-21-25-26-22(30-21)27-9-2-3-10-27/h4-8,11-13H,2-3,9-10,15H2,1H3,(H,24,25,29)/b18-13-. The van der Waals surface area contributed by atoms with E-state index >= 15 is 0 Å². The Kier molecular flexibility index (Phi) is 5.91. The fraction of sp³-hybridized carbons (Fsp3) is 0.273. The maximum atomic E-state index is 12.6. The van der Waals surface area contributed by atoms with Gasteiger partial charge in [0.15, 0.2) is 0 Å². The molecule has 0 atom stereocenters. The Hall–Kier alpha value is -3.44. The van der Waals surface area contributed by atoms with E-state index in [9.17, 15) is 10.1 Å². The topological polar surface area (TPSA) is 86.8 Å². The van der Waals surface area contributed by atoms with Crippen molar-refractivity contribution in [1.82, 2.24) is 14.8 Å². The minimum absolute atomic E-state index is 0.0251. The normalized spacial score (nSPS) is 14.0. The highest BCUT2D eigenvalue weighted by Gasteiger charge is 2.18. The van der Waals surface area contributed by atoms with E-state index in [0.29, 0.717) is 11.7 Å². The highest BCUT2D eigenvalue weighted by molar-refractivity contribution is 7.19. The molecule has 1 N–H and O–H groups in total. The van der Waals surface area contributed by atoms with Crippen molar-refractivity contribution in [3.63, 3.8) is 0 Å². The molecule has 1 aliphatic heterocycles. The molecule has 0 radical (unpaired) electrons. The second-order valence-electron chi connectivity index (χ2n) is 7.26. The predicted molar refractivity (Wildman–Crippen MR) is 118 cm³/mol. The number of rotatable bonds is 6. The van der Waals surface area contributed by atoms with Gasteiger partial charge in [0.1, 0.15) is 11.6 Å². The number of aryl methyl sites for hydroxylation is 1. The van der Waals surface area contributed by atoms with Crippen molar-refractivity contribution in [3.8, 4) is 6.07 Å². The zero-order valence-electron chi connectivity index (χ0n) is 16.7. The summed E-state index contributed by atoms with van der Waals surface area (Å²) in [6.45, 7) is 4.64. The van der Waals surface area contributed by atoms with Crippen molar-refractivity contribution >= 4 is 33.6 Å². The number of carbonyl (C=O) groups is 1. The van der Waals surface area contributed by atoms with E-state index in [1.165, 1.54) is 16.9 Å². The van der Waals surface area contributed by atoms with Crippen molar-refractivity contribution in [3.05, 3.63) is 65.0 Å². The molecule has 0 saturated carbocycles. The first-order chi connectivity index (χ1) is 14.6. The third-order valence-electron chi connectivity index (χ3n) is 4.97. The van der Waals surface area contributed by atoms with E-state index in [2.05, 4.69) is 45.5 Å². The van der Waals surface area contributed by atoms with Crippen LogP contribution in [0.2, 0.25) is 0 Å². The predicted octanol–water partition coefficient (Wildman–Crippen LogP) is 3.84. The lowest BCUT2D eigenvalue weighted by Crippen LogP contribution is -2.17. The summed E-state index contributed by atoms with van der Waals surface area (Å²) in [6.07, 6.45) is 5.83. The van der Waals surface area contributed by atoms with Crippen LogP contribution in [0.5, 0.6) is 0 Å². The molecule has 4 rings (SSSR count). The van der Waals surface area contributed by atoms with Gasteiger partial charge in [0.2, 0.25) is 10.3 Å². The fourth-order valence-corrected chi connectivity index (χ4v) is 4.26. The molecule has 0 bridgehead atoms. The maximum Gasteiger partial charge on any atom is 0.268 e. The van der Waals surface area contributed by atoms with Crippen LogP contribution in [0.25, 0.3) is 6.08 Å². The van der Waals surface area contributed by atoms with Gasteiger partial charge in [-0.3, -0.25) is 10.1 Å². The highest BCUT2D eigenvalue weighted by Crippen LogP contribution is 2.27. The third-order valence-corrected chi connectivity index (χ3v) is 5.87. The van der Waals surface area contributed by atoms with Gasteiger partial charge >= 0.3 is 0 Å². The molecule has 30 heavy (non-hydrogen) atoms. The van der Waals surface area contributed by atoms with Gasteiger partial charge in [0.25, 0.3) is 5.91 Å². The van der Waals surface area contributed by atoms with Crippen LogP contribution >= 0.6 is 11.3 Å². The van der Waals surface area contributed by atoms with E-state index in [1.54, 1.807) is 6.08 Å². The van der Waals surface area contributed by atoms with Gasteiger partial charge in [-0.25, -0.2) is 0 Å². The number of hydrogen-bond donors (Lipinski definition) is 1. The van der Waals surface area contributed by atoms with Gasteiger partial charge < -0.3 is 9.47 Å². The quantitative estimate of drug-likeness (QED) is 0.485. The highest BCUT2D eigenvalue weighted by atomic mass is 32.1. The maximum absolute atomic E-state index is 12.6. The average molecular weight is 419 g/mol. The minimum Gasteiger partial charge on any atom is -0.347 e. The summed E-state index contributed by atoms with van der Waals surface area (Å²) in [7, 11) is 0. The van der Waals surface area contributed by atoms with Gasteiger partial charge in [0.05, 0.1) is 0 Å². The second-order valence-corrected chi connectivity index (χ2v) is 8.21. The number of nitriles is 1. The van der Waals surface area contributed by atoms with Crippen molar-refractivity contribution < 1.29 is 4.79 Å². The SMILES string of the molecule is Cc1cccc(Cn2cccc2/C=C(/C#N)C(=O)Nc2nnc(N3CCCC3)s2)c1. The van der Waals surface area contributed by atoms with Gasteiger partial charge in [-0.1, -0.05) is 41.2 Å². The molecule has 2 aromatic heterocycles. The van der Waals surface area contributed by atoms with E-state index < -0.39 is 5.91 Å². The summed E-state index contributed by atoms with van der Waals surface area (Å²) in [5, 5.41) is 21.7. The van der Waals surface area contributed by atoms with E-state index in [1.807, 2.05) is 35.0 Å². The smallest absolute Gasteiger partial charge is 0.268 e. The van der Waals surface area contributed by atoms with Crippen LogP contribution in [0.15, 0.2) is 48.2 Å². The Morgan fingerprint density at radius 3 is 2.87 bits per heavy atom. The van der Waals surface area contributed by atoms with Crippen LogP contribution in [0, 0.1) is 18.3 Å². The fourth-order valence-electron chi connectivity index (χ4n) is 3.47. The second kappa shape index (κ2) is 8.93. The molecule has 0 aliphatic carbocycles. The number of aromatic nitrogens is 3. The van der Waals surface area contributed by atoms with E-state index in [0.717, 1.165) is 42.3 Å². The minimum atomic E-state index is -0.482. The monoisotopic (exact) mass is 418 g/mol. The zero-order chi connectivity index (χ0) is 20.9. The summed E-state index contributed by atoms with van der Waals surface area (Å²) < 4.78 is 2.01. The lowest BCUT2D eigenvalue weighted by atomic mass is 10.1. The van der Waals surface area contributed by atoms with E-state index in [-0.39, 0.29) is 5.57 Å². The van der Waals surface area contributed by atoms with Crippen LogP contribution < -0.4 is 10.2 Å². The van der Waals surface area contributed by atoms with Crippen molar-refractivity contribution in [1.29, 1.82) is 5.26 Å². The molecule has 1 saturated heterocycles. The first kappa shape index (κ1) is 19.9. The molecule has 3 heterocycles. The van der Waals surface area contributed by atoms with Gasteiger partial charge in [-0.15, -0.1) is 10.2 Å². The van der Waals surface area contributed by atoms with Crippen molar-refractivity contribution in [2.45, 2.75) is 26.3 Å². The number of hydrogen-bond acceptors (Lipinski definition) is 6. The Balaban J connectivity index is 1.48. The van der Waals surface area contributed by atoms with Gasteiger partial charge in [-0.05, 0) is 43.5 Å². The lowest BCUT2D eigenvalue weighted by Gasteiger charge is -2.10. The molecule has 152 valence electrons. The molecular formula is C22H22N6OS. The summed E-state index contributed by atoms with van der Waals surface area (Å²) in [4.78, 5) is 14.8. The van der Waals surface area contributed by atoms with Gasteiger partial charge in [-0.2, -0.15) is 5.26 Å². The first-order valence-electron chi connectivity index (χ1n) is 9.84. The number of anilines is 2. The number of nitrogens with zero attached hydrogens (tertiary/aromatic N) is 5. The molecule has 3 aromatic rings. The van der Waals surface area contributed by atoms with Crippen LogP contribution in [-0.2, 0) is 11.3 Å². The summed E-state index contributed by atoms with van der Waals surface area (Å²) >= 11 is 1.33. The molecule has 1 fully saturated rings. The van der Waals surface area contributed by atoms with Crippen LogP contribution in [0.1, 0.15) is 29.7 Å². The molecule has 0 unspecified atom stereocenters. The first-order valence-corrected chi connectivity index (χ1v) is 10.7. The molecule has 8 heteroatoms. The van der Waals surface area contributed by atoms with E-state index in [4.69, 9.17) is 0 Å². The number of benzene rings is 1. The third kappa shape index (κ3) is 4.58. The Morgan fingerprint density at radius 2 is 2.10 bits per heavy atom. The Morgan fingerprint density at radius 1 is 1.27 bits per heavy atom. The molecule has 1 aliphatic rings. The number of nitrogens with one attached hydrogen (secondary N) is 1. The van der Waals surface area contributed by atoms with Crippen LogP contribution in [0.3, 0.4) is 0 Å². The average Bonchev–Trinajstić information content (AvgIpc) is 3.48. The largest absolute Gasteiger partial charge is 0.347 e. The molecule has 1 amide bonds. The molecular weight excluding hydrogens is 396 g/mol. The van der Waals surface area contributed by atoms with Crippen LogP contribution in [-0.4, -0.2) is 33.8 Å². The summed E-state index contributed by atoms with van der Waals surface area (Å²) in [5.41, 5.74) is 3.17. The molecule has 0 spiro atoms. The molecule has 1 aromatic carbocycles. The summed E-state index contributed by atoms with van der Waals surface area (Å²) in [6, 6.07) is 14.1. The number of amides is 1. The van der Waals surface area contributed by atoms with Crippen molar-refractivity contribution in [2.24, 2.45) is 0 Å². The van der Waals surface area contributed by atoms with Gasteiger partial charge in [0, 0.05) is 31.5 Å². The Labute approximate surface area is 179 Å². The molecule has 7 nitrogen and oxygen atoms in total. The Bertz CT molecular complexity index is 1120. The summed E-state index contributed by atoms with van der Waals surface area (Å²) in [5.74, 6) is -0.482. The van der Waals surface area contributed by atoms with Crippen LogP contribution in [0.4, 0.5) is 10.3 Å². The van der Waals surface area contributed by atoms with Crippen molar-refractivity contribution in [2.75, 3.05) is 23.3 Å². The number of carbonyl (C=O) groups excluding carboxylic acids is 1.